The minimum Gasteiger partial charge on any atom is -0.507 e. The molecule has 3 aromatic rings. The van der Waals surface area contributed by atoms with Crippen molar-refractivity contribution in [2.75, 3.05) is 0 Å². The van der Waals surface area contributed by atoms with Gasteiger partial charge in [-0.3, -0.25) is 9.78 Å². The van der Waals surface area contributed by atoms with E-state index >= 15 is 0 Å². The van der Waals surface area contributed by atoms with E-state index in [2.05, 4.69) is 15.5 Å². The number of phenolic OH excluding ortho intramolecular Hbond substituents is 1. The molecule has 1 aliphatic carbocycles. The fraction of sp³-hybridized carbons (Fsp3) is 0.150. The van der Waals surface area contributed by atoms with Crippen molar-refractivity contribution in [1.29, 1.82) is 0 Å². The number of hydrogen-bond acceptors (Lipinski definition) is 4. The Morgan fingerprint density at radius 3 is 2.85 bits per heavy atom. The van der Waals surface area contributed by atoms with Crippen molar-refractivity contribution in [2.24, 2.45) is 5.10 Å². The second-order valence-corrected chi connectivity index (χ2v) is 6.72. The van der Waals surface area contributed by atoms with E-state index in [4.69, 9.17) is 11.6 Å². The molecule has 0 unspecified atom stereocenters. The first kappa shape index (κ1) is 16.5. The fourth-order valence-electron chi connectivity index (χ4n) is 2.82. The molecule has 130 valence electrons. The number of hydrogen-bond donors (Lipinski definition) is 2. The van der Waals surface area contributed by atoms with E-state index < -0.39 is 0 Å². The van der Waals surface area contributed by atoms with Crippen LogP contribution in [0.25, 0.3) is 10.9 Å². The number of hydrazone groups is 1. The number of aromatic hydroxyl groups is 1. The molecule has 0 aliphatic heterocycles. The first-order valence-electron chi connectivity index (χ1n) is 8.33. The second-order valence-electron chi connectivity index (χ2n) is 6.29. The summed E-state index contributed by atoms with van der Waals surface area (Å²) in [7, 11) is 0. The van der Waals surface area contributed by atoms with E-state index in [1.807, 2.05) is 30.3 Å². The number of para-hydroxylation sites is 1. The molecule has 4 rings (SSSR count). The van der Waals surface area contributed by atoms with Gasteiger partial charge in [0.2, 0.25) is 0 Å². The van der Waals surface area contributed by atoms with Crippen molar-refractivity contribution < 1.29 is 9.90 Å². The normalized spacial score (nSPS) is 14.0. The van der Waals surface area contributed by atoms with Gasteiger partial charge in [0.05, 0.1) is 17.3 Å². The first-order valence-corrected chi connectivity index (χ1v) is 8.71. The maximum atomic E-state index is 12.7. The van der Waals surface area contributed by atoms with Gasteiger partial charge in [-0.25, -0.2) is 5.43 Å². The molecule has 1 heterocycles. The molecule has 1 saturated carbocycles. The lowest BCUT2D eigenvalue weighted by Gasteiger charge is -2.08. The number of nitrogens with zero attached hydrogens (tertiary/aromatic N) is 2. The Labute approximate surface area is 155 Å². The average molecular weight is 366 g/mol. The highest BCUT2D eigenvalue weighted by Crippen LogP contribution is 2.40. The summed E-state index contributed by atoms with van der Waals surface area (Å²) in [5.74, 6) is 0.166. The molecule has 6 heteroatoms. The zero-order chi connectivity index (χ0) is 18.1. The van der Waals surface area contributed by atoms with Crippen LogP contribution < -0.4 is 5.43 Å². The third-order valence-corrected chi connectivity index (χ3v) is 4.57. The van der Waals surface area contributed by atoms with Crippen LogP contribution in [-0.2, 0) is 0 Å². The molecule has 2 N–H and O–H groups in total. The van der Waals surface area contributed by atoms with E-state index in [9.17, 15) is 9.90 Å². The Morgan fingerprint density at radius 1 is 1.23 bits per heavy atom. The van der Waals surface area contributed by atoms with Crippen molar-refractivity contribution in [1.82, 2.24) is 10.4 Å². The molecule has 2 aromatic carbocycles. The summed E-state index contributed by atoms with van der Waals surface area (Å²) in [5, 5.41) is 15.0. The fourth-order valence-corrected chi connectivity index (χ4v) is 3.00. The maximum absolute atomic E-state index is 12.7. The van der Waals surface area contributed by atoms with Crippen LogP contribution in [0, 0.1) is 0 Å². The number of fused-ring (bicyclic) bond motifs is 1. The van der Waals surface area contributed by atoms with E-state index in [1.54, 1.807) is 12.1 Å². The Hall–Kier alpha value is -2.92. The van der Waals surface area contributed by atoms with Crippen LogP contribution in [-0.4, -0.2) is 22.2 Å². The third kappa shape index (κ3) is 3.39. The summed E-state index contributed by atoms with van der Waals surface area (Å²) in [6.07, 6.45) is 3.58. The Bertz CT molecular complexity index is 1030. The summed E-state index contributed by atoms with van der Waals surface area (Å²) in [6.45, 7) is 0. The lowest BCUT2D eigenvalue weighted by Crippen LogP contribution is -2.18. The Kier molecular flexibility index (Phi) is 4.31. The molecule has 1 amide bonds. The zero-order valence-electron chi connectivity index (χ0n) is 13.8. The second kappa shape index (κ2) is 6.77. The van der Waals surface area contributed by atoms with Crippen LogP contribution in [0.4, 0.5) is 0 Å². The number of benzene rings is 2. The molecule has 0 atom stereocenters. The number of carbonyl (C=O) groups is 1. The molecular formula is C20H16ClN3O2. The van der Waals surface area contributed by atoms with Gasteiger partial charge in [-0.15, -0.1) is 0 Å². The topological polar surface area (TPSA) is 74.6 Å². The van der Waals surface area contributed by atoms with Crippen LogP contribution in [0.15, 0.2) is 53.6 Å². The number of amides is 1. The molecule has 0 radical (unpaired) electrons. The summed E-state index contributed by atoms with van der Waals surface area (Å²) < 4.78 is 0. The number of pyridine rings is 1. The van der Waals surface area contributed by atoms with Crippen LogP contribution in [0.5, 0.6) is 5.75 Å². The highest BCUT2D eigenvalue weighted by atomic mass is 35.5. The average Bonchev–Trinajstić information content (AvgIpc) is 3.48. The summed E-state index contributed by atoms with van der Waals surface area (Å²) >= 11 is 5.91. The number of carbonyl (C=O) groups excluding carboxylic acids is 1. The largest absolute Gasteiger partial charge is 0.507 e. The Morgan fingerprint density at radius 2 is 2.04 bits per heavy atom. The predicted octanol–water partition coefficient (Wildman–Crippen LogP) is 4.24. The first-order chi connectivity index (χ1) is 12.6. The summed E-state index contributed by atoms with van der Waals surface area (Å²) in [4.78, 5) is 17.3. The summed E-state index contributed by atoms with van der Waals surface area (Å²) in [6, 6.07) is 14.0. The molecule has 0 saturated heterocycles. The minimum absolute atomic E-state index is 0.0396. The van der Waals surface area contributed by atoms with Gasteiger partial charge in [-0.1, -0.05) is 29.8 Å². The number of aromatic nitrogens is 1. The lowest BCUT2D eigenvalue weighted by molar-refractivity contribution is 0.0956. The number of nitrogens with one attached hydrogen (secondary N) is 1. The maximum Gasteiger partial charge on any atom is 0.272 e. The van der Waals surface area contributed by atoms with Gasteiger partial charge in [0.15, 0.2) is 0 Å². The van der Waals surface area contributed by atoms with Crippen molar-refractivity contribution >= 4 is 34.6 Å². The van der Waals surface area contributed by atoms with E-state index in [0.29, 0.717) is 22.1 Å². The van der Waals surface area contributed by atoms with Gasteiger partial charge >= 0.3 is 0 Å². The smallest absolute Gasteiger partial charge is 0.272 e. The SMILES string of the molecule is O=C(N/N=C/c1cc(Cl)ccc1O)c1cc(C2CC2)nc2ccccc12. The van der Waals surface area contributed by atoms with Crippen LogP contribution in [0.1, 0.15) is 40.4 Å². The molecule has 1 fully saturated rings. The van der Waals surface area contributed by atoms with Crippen LogP contribution in [0.2, 0.25) is 5.02 Å². The minimum atomic E-state index is -0.316. The van der Waals surface area contributed by atoms with Crippen molar-refractivity contribution in [2.45, 2.75) is 18.8 Å². The highest BCUT2D eigenvalue weighted by Gasteiger charge is 2.26. The zero-order valence-corrected chi connectivity index (χ0v) is 14.6. The van der Waals surface area contributed by atoms with Crippen molar-refractivity contribution in [3.05, 3.63) is 70.4 Å². The Balaban J connectivity index is 1.61. The number of phenols is 1. The number of rotatable bonds is 4. The quantitative estimate of drug-likeness (QED) is 0.536. The van der Waals surface area contributed by atoms with Gasteiger partial charge in [-0.05, 0) is 43.2 Å². The van der Waals surface area contributed by atoms with E-state index in [1.165, 1.54) is 12.3 Å². The van der Waals surface area contributed by atoms with Crippen molar-refractivity contribution in [3.63, 3.8) is 0 Å². The molecule has 26 heavy (non-hydrogen) atoms. The van der Waals surface area contributed by atoms with Crippen LogP contribution >= 0.6 is 11.6 Å². The molecule has 0 bridgehead atoms. The molecular weight excluding hydrogens is 350 g/mol. The lowest BCUT2D eigenvalue weighted by atomic mass is 10.1. The number of halogens is 1. The standard InChI is InChI=1S/C20H16ClN3O2/c21-14-7-8-19(25)13(9-14)11-22-24-20(26)16-10-18(12-5-6-12)23-17-4-2-1-3-15(16)17/h1-4,7-12,25H,5-6H2,(H,24,26)/b22-11+. The third-order valence-electron chi connectivity index (χ3n) is 4.34. The molecule has 1 aliphatic rings. The monoisotopic (exact) mass is 365 g/mol. The molecule has 0 spiro atoms. The molecule has 1 aromatic heterocycles. The van der Waals surface area contributed by atoms with Crippen molar-refractivity contribution in [3.8, 4) is 5.75 Å². The van der Waals surface area contributed by atoms with Gasteiger partial charge in [-0.2, -0.15) is 5.10 Å². The van der Waals surface area contributed by atoms with Crippen LogP contribution in [0.3, 0.4) is 0 Å². The van der Waals surface area contributed by atoms with Gasteiger partial charge in [0, 0.05) is 27.6 Å². The highest BCUT2D eigenvalue weighted by molar-refractivity contribution is 6.30. The van der Waals surface area contributed by atoms with E-state index in [0.717, 1.165) is 29.4 Å². The van der Waals surface area contributed by atoms with Gasteiger partial charge in [0.1, 0.15) is 5.75 Å². The predicted molar refractivity (Wildman–Crippen MR) is 102 cm³/mol. The van der Waals surface area contributed by atoms with Gasteiger partial charge in [0.25, 0.3) is 5.91 Å². The van der Waals surface area contributed by atoms with Gasteiger partial charge < -0.3 is 5.11 Å². The van der Waals surface area contributed by atoms with E-state index in [-0.39, 0.29) is 11.7 Å². The molecule has 5 nitrogen and oxygen atoms in total. The summed E-state index contributed by atoms with van der Waals surface area (Å²) in [5.41, 5.74) is 5.25.